The molecule has 0 spiro atoms. The van der Waals surface area contributed by atoms with Gasteiger partial charge in [-0.15, -0.1) is 11.3 Å². The number of fused-ring (bicyclic) bond motifs is 1. The SMILES string of the molecule is NC(=O)c1ccc2cncc(N3CCN(c4nccs4)CC3)c2n1. The van der Waals surface area contributed by atoms with Crippen LogP contribution in [0.4, 0.5) is 10.8 Å². The second-order valence-electron chi connectivity index (χ2n) is 5.58. The van der Waals surface area contributed by atoms with Crippen molar-refractivity contribution in [2.24, 2.45) is 5.73 Å². The van der Waals surface area contributed by atoms with E-state index in [1.165, 1.54) is 0 Å². The molecule has 0 atom stereocenters. The summed E-state index contributed by atoms with van der Waals surface area (Å²) in [6.45, 7) is 3.48. The summed E-state index contributed by atoms with van der Waals surface area (Å²) in [5.41, 5.74) is 7.34. The van der Waals surface area contributed by atoms with Gasteiger partial charge in [-0.25, -0.2) is 9.97 Å². The van der Waals surface area contributed by atoms with Gasteiger partial charge in [0.2, 0.25) is 0 Å². The highest BCUT2D eigenvalue weighted by atomic mass is 32.1. The van der Waals surface area contributed by atoms with Gasteiger partial charge >= 0.3 is 0 Å². The maximum absolute atomic E-state index is 11.4. The molecule has 8 heteroatoms. The Labute approximate surface area is 142 Å². The smallest absolute Gasteiger partial charge is 0.267 e. The molecule has 1 aliphatic rings. The highest BCUT2D eigenvalue weighted by Crippen LogP contribution is 2.27. The minimum absolute atomic E-state index is 0.274. The van der Waals surface area contributed by atoms with Gasteiger partial charge in [0.25, 0.3) is 5.91 Å². The Morgan fingerprint density at radius 3 is 2.62 bits per heavy atom. The number of carbonyl (C=O) groups is 1. The number of nitrogens with two attached hydrogens (primary N) is 1. The highest BCUT2D eigenvalue weighted by molar-refractivity contribution is 7.13. The number of anilines is 2. The Kier molecular flexibility index (Phi) is 3.73. The normalized spacial score (nSPS) is 15.0. The molecule has 3 aromatic rings. The lowest BCUT2D eigenvalue weighted by atomic mass is 10.2. The van der Waals surface area contributed by atoms with Crippen molar-refractivity contribution in [2.75, 3.05) is 36.0 Å². The van der Waals surface area contributed by atoms with Crippen molar-refractivity contribution >= 4 is 39.0 Å². The van der Waals surface area contributed by atoms with Crippen LogP contribution in [0.25, 0.3) is 10.9 Å². The first-order valence-corrected chi connectivity index (χ1v) is 8.54. The lowest BCUT2D eigenvalue weighted by Gasteiger charge is -2.36. The highest BCUT2D eigenvalue weighted by Gasteiger charge is 2.21. The summed E-state index contributed by atoms with van der Waals surface area (Å²) >= 11 is 1.65. The van der Waals surface area contributed by atoms with Crippen LogP contribution >= 0.6 is 11.3 Å². The van der Waals surface area contributed by atoms with E-state index < -0.39 is 5.91 Å². The molecule has 0 radical (unpaired) electrons. The summed E-state index contributed by atoms with van der Waals surface area (Å²) in [6.07, 6.45) is 5.39. The minimum Gasteiger partial charge on any atom is -0.365 e. The zero-order valence-corrected chi connectivity index (χ0v) is 13.7. The summed E-state index contributed by atoms with van der Waals surface area (Å²) in [5.74, 6) is -0.520. The molecule has 0 saturated carbocycles. The van der Waals surface area contributed by atoms with Gasteiger partial charge in [-0.1, -0.05) is 0 Å². The van der Waals surface area contributed by atoms with E-state index in [9.17, 15) is 4.79 Å². The van der Waals surface area contributed by atoms with Gasteiger partial charge in [0.15, 0.2) is 5.13 Å². The van der Waals surface area contributed by atoms with Crippen molar-refractivity contribution in [2.45, 2.75) is 0 Å². The molecule has 0 aromatic carbocycles. The molecule has 2 N–H and O–H groups in total. The summed E-state index contributed by atoms with van der Waals surface area (Å²) in [6, 6.07) is 3.47. The molecule has 1 fully saturated rings. The minimum atomic E-state index is -0.520. The van der Waals surface area contributed by atoms with E-state index >= 15 is 0 Å². The number of thiazole rings is 1. The number of pyridine rings is 2. The van der Waals surface area contributed by atoms with Crippen molar-refractivity contribution in [3.63, 3.8) is 0 Å². The van der Waals surface area contributed by atoms with Crippen LogP contribution < -0.4 is 15.5 Å². The first kappa shape index (κ1) is 14.8. The van der Waals surface area contributed by atoms with Gasteiger partial charge < -0.3 is 15.5 Å². The molecule has 4 rings (SSSR count). The Hall–Kier alpha value is -2.74. The maximum atomic E-state index is 11.4. The number of rotatable bonds is 3. The summed E-state index contributed by atoms with van der Waals surface area (Å²) in [5, 5.41) is 3.95. The third-order valence-electron chi connectivity index (χ3n) is 4.14. The van der Waals surface area contributed by atoms with E-state index in [4.69, 9.17) is 5.73 Å². The van der Waals surface area contributed by atoms with Gasteiger partial charge in [0, 0.05) is 49.3 Å². The summed E-state index contributed by atoms with van der Waals surface area (Å²) in [4.78, 5) is 29.1. The van der Waals surface area contributed by atoms with Gasteiger partial charge in [-0.2, -0.15) is 0 Å². The Bertz CT molecular complexity index is 873. The number of amides is 1. The Morgan fingerprint density at radius 2 is 1.92 bits per heavy atom. The molecule has 7 nitrogen and oxygen atoms in total. The summed E-state index contributed by atoms with van der Waals surface area (Å²) < 4.78 is 0. The van der Waals surface area contributed by atoms with Gasteiger partial charge in [0.1, 0.15) is 5.69 Å². The molecule has 1 aliphatic heterocycles. The Balaban J connectivity index is 1.62. The van der Waals surface area contributed by atoms with Gasteiger partial charge in [-0.3, -0.25) is 9.78 Å². The first-order valence-electron chi connectivity index (χ1n) is 7.66. The van der Waals surface area contributed by atoms with Crippen molar-refractivity contribution in [1.82, 2.24) is 15.0 Å². The first-order chi connectivity index (χ1) is 11.7. The molecule has 1 amide bonds. The molecular weight excluding hydrogens is 324 g/mol. The van der Waals surface area contributed by atoms with Crippen LogP contribution in [0.5, 0.6) is 0 Å². The van der Waals surface area contributed by atoms with Crippen molar-refractivity contribution < 1.29 is 4.79 Å². The molecule has 1 saturated heterocycles. The molecule has 4 heterocycles. The number of piperazine rings is 1. The second-order valence-corrected chi connectivity index (χ2v) is 6.45. The standard InChI is InChI=1S/C16H16N6OS/c17-15(23)12-2-1-11-9-18-10-13(14(11)20-12)21-4-6-22(7-5-21)16-19-3-8-24-16/h1-3,8-10H,4-7H2,(H2,17,23). The molecule has 0 unspecified atom stereocenters. The number of aromatic nitrogens is 3. The van der Waals surface area contributed by atoms with E-state index in [2.05, 4.69) is 24.8 Å². The maximum Gasteiger partial charge on any atom is 0.267 e. The lowest BCUT2D eigenvalue weighted by molar-refractivity contribution is 0.0996. The predicted molar refractivity (Wildman–Crippen MR) is 94.6 cm³/mol. The van der Waals surface area contributed by atoms with Crippen molar-refractivity contribution in [3.8, 4) is 0 Å². The number of carbonyl (C=O) groups excluding carboxylic acids is 1. The van der Waals surface area contributed by atoms with E-state index in [0.29, 0.717) is 0 Å². The number of hydrogen-bond acceptors (Lipinski definition) is 7. The van der Waals surface area contributed by atoms with Gasteiger partial charge in [0.05, 0.1) is 17.4 Å². The topological polar surface area (TPSA) is 88.2 Å². The molecule has 24 heavy (non-hydrogen) atoms. The van der Waals surface area contributed by atoms with Crippen LogP contribution in [0.2, 0.25) is 0 Å². The van der Waals surface area contributed by atoms with E-state index in [1.54, 1.807) is 29.8 Å². The fraction of sp³-hybridized carbons (Fsp3) is 0.250. The molecular formula is C16H16N6OS. The molecule has 122 valence electrons. The van der Waals surface area contributed by atoms with Crippen molar-refractivity contribution in [1.29, 1.82) is 0 Å². The van der Waals surface area contributed by atoms with Crippen LogP contribution in [-0.4, -0.2) is 47.0 Å². The van der Waals surface area contributed by atoms with Crippen LogP contribution in [0.3, 0.4) is 0 Å². The average Bonchev–Trinajstić information content (AvgIpc) is 3.15. The van der Waals surface area contributed by atoms with E-state index in [1.807, 2.05) is 17.6 Å². The monoisotopic (exact) mass is 340 g/mol. The fourth-order valence-electron chi connectivity index (χ4n) is 2.91. The van der Waals surface area contributed by atoms with Crippen LogP contribution in [0.15, 0.2) is 36.1 Å². The number of primary amides is 1. The average molecular weight is 340 g/mol. The summed E-state index contributed by atoms with van der Waals surface area (Å²) in [7, 11) is 0. The number of nitrogens with zero attached hydrogens (tertiary/aromatic N) is 5. The largest absolute Gasteiger partial charge is 0.365 e. The third-order valence-corrected chi connectivity index (χ3v) is 4.97. The second kappa shape index (κ2) is 6.04. The predicted octanol–water partition coefficient (Wildman–Crippen LogP) is 1.51. The van der Waals surface area contributed by atoms with Crippen LogP contribution in [-0.2, 0) is 0 Å². The zero-order chi connectivity index (χ0) is 16.5. The Morgan fingerprint density at radius 1 is 1.12 bits per heavy atom. The molecule has 0 bridgehead atoms. The molecule has 3 aromatic heterocycles. The van der Waals surface area contributed by atoms with E-state index in [0.717, 1.165) is 47.9 Å². The van der Waals surface area contributed by atoms with Gasteiger partial charge in [-0.05, 0) is 12.1 Å². The van der Waals surface area contributed by atoms with Crippen LogP contribution in [0, 0.1) is 0 Å². The third kappa shape index (κ3) is 2.65. The van der Waals surface area contributed by atoms with Crippen molar-refractivity contribution in [3.05, 3.63) is 41.8 Å². The van der Waals surface area contributed by atoms with Crippen LogP contribution in [0.1, 0.15) is 10.5 Å². The zero-order valence-electron chi connectivity index (χ0n) is 12.9. The number of hydrogen-bond donors (Lipinski definition) is 1. The van der Waals surface area contributed by atoms with E-state index in [-0.39, 0.29) is 5.69 Å². The molecule has 0 aliphatic carbocycles. The quantitative estimate of drug-likeness (QED) is 0.777. The fourth-order valence-corrected chi connectivity index (χ4v) is 3.60. The lowest BCUT2D eigenvalue weighted by Crippen LogP contribution is -2.46.